The van der Waals surface area contributed by atoms with Crippen LogP contribution in [0.3, 0.4) is 0 Å². The van der Waals surface area contributed by atoms with Gasteiger partial charge in [-0.05, 0) is 6.07 Å². The molecule has 2 aromatic rings. The van der Waals surface area contributed by atoms with Crippen LogP contribution in [-0.2, 0) is 16.0 Å². The summed E-state index contributed by atoms with van der Waals surface area (Å²) in [6.45, 7) is 2.87. The van der Waals surface area contributed by atoms with Crippen molar-refractivity contribution >= 4 is 22.5 Å². The minimum atomic E-state index is -0.196. The first-order valence-electron chi connectivity index (χ1n) is 6.83. The van der Waals surface area contributed by atoms with Crippen LogP contribution in [0.25, 0.3) is 10.9 Å². The van der Waals surface area contributed by atoms with E-state index in [-0.39, 0.29) is 5.60 Å². The molecular formula is C15H19ClN2O2. The van der Waals surface area contributed by atoms with Crippen molar-refractivity contribution in [1.82, 2.24) is 10.3 Å². The van der Waals surface area contributed by atoms with Gasteiger partial charge in [-0.2, -0.15) is 0 Å². The SMILES string of the molecule is COC1(CNCc2[nH]c3ccccc3c2Cl)CCOC1. The minimum Gasteiger partial charge on any atom is -0.378 e. The Morgan fingerprint density at radius 2 is 2.30 bits per heavy atom. The number of ether oxygens (including phenoxy) is 2. The van der Waals surface area contributed by atoms with Gasteiger partial charge in [-0.3, -0.25) is 0 Å². The maximum absolute atomic E-state index is 6.39. The van der Waals surface area contributed by atoms with E-state index in [1.165, 1.54) is 0 Å². The predicted molar refractivity (Wildman–Crippen MR) is 80.2 cm³/mol. The van der Waals surface area contributed by atoms with E-state index < -0.39 is 0 Å². The fourth-order valence-corrected chi connectivity index (χ4v) is 2.94. The largest absolute Gasteiger partial charge is 0.378 e. The molecule has 1 aliphatic rings. The predicted octanol–water partition coefficient (Wildman–Crippen LogP) is 2.72. The molecule has 1 aliphatic heterocycles. The first-order chi connectivity index (χ1) is 9.74. The summed E-state index contributed by atoms with van der Waals surface area (Å²) < 4.78 is 11.0. The molecule has 108 valence electrons. The zero-order valence-corrected chi connectivity index (χ0v) is 12.3. The van der Waals surface area contributed by atoms with E-state index in [0.29, 0.717) is 13.2 Å². The molecular weight excluding hydrogens is 276 g/mol. The Labute approximate surface area is 123 Å². The van der Waals surface area contributed by atoms with Gasteiger partial charge in [-0.25, -0.2) is 0 Å². The second kappa shape index (κ2) is 5.74. The molecule has 5 heteroatoms. The van der Waals surface area contributed by atoms with E-state index in [1.807, 2.05) is 24.3 Å². The van der Waals surface area contributed by atoms with Crippen molar-refractivity contribution in [3.63, 3.8) is 0 Å². The van der Waals surface area contributed by atoms with Crippen LogP contribution < -0.4 is 5.32 Å². The van der Waals surface area contributed by atoms with E-state index in [0.717, 1.165) is 41.2 Å². The molecule has 1 fully saturated rings. The highest BCUT2D eigenvalue weighted by Gasteiger charge is 2.34. The van der Waals surface area contributed by atoms with E-state index in [2.05, 4.69) is 10.3 Å². The molecule has 0 radical (unpaired) electrons. The highest BCUT2D eigenvalue weighted by Crippen LogP contribution is 2.27. The molecule has 2 N–H and O–H groups in total. The number of methoxy groups -OCH3 is 1. The van der Waals surface area contributed by atoms with Crippen LogP contribution in [0.2, 0.25) is 5.02 Å². The van der Waals surface area contributed by atoms with Crippen LogP contribution in [0.4, 0.5) is 0 Å². The Balaban J connectivity index is 1.66. The number of halogens is 1. The van der Waals surface area contributed by atoms with Crippen molar-refractivity contribution in [3.05, 3.63) is 35.0 Å². The molecule has 0 amide bonds. The maximum atomic E-state index is 6.39. The normalized spacial score (nSPS) is 22.7. The van der Waals surface area contributed by atoms with Gasteiger partial charge in [0.2, 0.25) is 0 Å². The van der Waals surface area contributed by atoms with E-state index in [4.69, 9.17) is 21.1 Å². The van der Waals surface area contributed by atoms with Gasteiger partial charge < -0.3 is 19.8 Å². The molecule has 3 rings (SSSR count). The third kappa shape index (κ3) is 2.56. The number of H-pyrrole nitrogens is 1. The Bertz CT molecular complexity index is 591. The van der Waals surface area contributed by atoms with Crippen molar-refractivity contribution in [2.24, 2.45) is 0 Å². The number of nitrogens with one attached hydrogen (secondary N) is 2. The van der Waals surface area contributed by atoms with Crippen LogP contribution in [0, 0.1) is 0 Å². The molecule has 1 atom stereocenters. The summed E-state index contributed by atoms with van der Waals surface area (Å²) >= 11 is 6.39. The molecule has 1 aromatic carbocycles. The zero-order chi connectivity index (χ0) is 14.0. The van der Waals surface area contributed by atoms with Crippen molar-refractivity contribution < 1.29 is 9.47 Å². The van der Waals surface area contributed by atoms with Gasteiger partial charge in [-0.1, -0.05) is 29.8 Å². The third-order valence-corrected chi connectivity index (χ3v) is 4.39. The number of benzene rings is 1. The number of hydrogen-bond acceptors (Lipinski definition) is 3. The summed E-state index contributed by atoms with van der Waals surface area (Å²) in [6, 6.07) is 8.06. The molecule has 2 heterocycles. The van der Waals surface area contributed by atoms with Gasteiger partial charge in [0.05, 0.1) is 11.6 Å². The summed E-state index contributed by atoms with van der Waals surface area (Å²) in [5, 5.41) is 5.28. The lowest BCUT2D eigenvalue weighted by Gasteiger charge is -2.25. The average molecular weight is 295 g/mol. The molecule has 4 nitrogen and oxygen atoms in total. The van der Waals surface area contributed by atoms with Gasteiger partial charge in [0, 0.05) is 49.8 Å². The van der Waals surface area contributed by atoms with Crippen LogP contribution >= 0.6 is 11.6 Å². The highest BCUT2D eigenvalue weighted by atomic mass is 35.5. The fraction of sp³-hybridized carbons (Fsp3) is 0.467. The lowest BCUT2D eigenvalue weighted by atomic mass is 10.0. The zero-order valence-electron chi connectivity index (χ0n) is 11.5. The first kappa shape index (κ1) is 13.9. The standard InChI is InChI=1S/C15H19ClN2O2/c1-19-15(6-7-20-10-15)9-17-8-13-14(16)11-4-2-3-5-12(11)18-13/h2-5,17-18H,6-10H2,1H3. The summed E-state index contributed by atoms with van der Waals surface area (Å²) in [7, 11) is 1.74. The number of fused-ring (bicyclic) bond motifs is 1. The van der Waals surface area contributed by atoms with Gasteiger partial charge in [-0.15, -0.1) is 0 Å². The fourth-order valence-electron chi connectivity index (χ4n) is 2.66. The van der Waals surface area contributed by atoms with E-state index in [9.17, 15) is 0 Å². The molecule has 0 spiro atoms. The molecule has 0 aliphatic carbocycles. The summed E-state index contributed by atoms with van der Waals surface area (Å²) in [5.41, 5.74) is 1.89. The van der Waals surface area contributed by atoms with Crippen LogP contribution in [0.15, 0.2) is 24.3 Å². The molecule has 0 saturated carbocycles. The van der Waals surface area contributed by atoms with Gasteiger partial charge >= 0.3 is 0 Å². The minimum absolute atomic E-state index is 0.196. The van der Waals surface area contributed by atoms with Crippen molar-refractivity contribution in [2.75, 3.05) is 26.9 Å². The molecule has 1 saturated heterocycles. The number of rotatable bonds is 5. The van der Waals surface area contributed by atoms with Crippen molar-refractivity contribution in [3.8, 4) is 0 Å². The van der Waals surface area contributed by atoms with Crippen molar-refractivity contribution in [2.45, 2.75) is 18.6 Å². The summed E-state index contributed by atoms with van der Waals surface area (Å²) in [4.78, 5) is 3.35. The Kier molecular flexibility index (Phi) is 3.98. The van der Waals surface area contributed by atoms with Crippen molar-refractivity contribution in [1.29, 1.82) is 0 Å². The molecule has 1 unspecified atom stereocenters. The smallest absolute Gasteiger partial charge is 0.106 e. The van der Waals surface area contributed by atoms with Gasteiger partial charge in [0.15, 0.2) is 0 Å². The average Bonchev–Trinajstić information content (AvgIpc) is 3.06. The quantitative estimate of drug-likeness (QED) is 0.891. The Hall–Kier alpha value is -1.07. The van der Waals surface area contributed by atoms with Crippen LogP contribution in [-0.4, -0.2) is 37.5 Å². The number of para-hydroxylation sites is 1. The monoisotopic (exact) mass is 294 g/mol. The highest BCUT2D eigenvalue weighted by molar-refractivity contribution is 6.36. The molecule has 0 bridgehead atoms. The third-order valence-electron chi connectivity index (χ3n) is 3.96. The Morgan fingerprint density at radius 3 is 3.00 bits per heavy atom. The lowest BCUT2D eigenvalue weighted by molar-refractivity contribution is -0.0159. The number of aromatic amines is 1. The van der Waals surface area contributed by atoms with E-state index >= 15 is 0 Å². The van der Waals surface area contributed by atoms with E-state index in [1.54, 1.807) is 7.11 Å². The topological polar surface area (TPSA) is 46.3 Å². The second-order valence-electron chi connectivity index (χ2n) is 5.26. The van der Waals surface area contributed by atoms with Gasteiger partial charge in [0.25, 0.3) is 0 Å². The first-order valence-corrected chi connectivity index (χ1v) is 7.21. The summed E-state index contributed by atoms with van der Waals surface area (Å²) in [6.07, 6.45) is 0.928. The number of aromatic nitrogens is 1. The molecule has 20 heavy (non-hydrogen) atoms. The molecule has 1 aromatic heterocycles. The summed E-state index contributed by atoms with van der Waals surface area (Å²) in [5.74, 6) is 0. The van der Waals surface area contributed by atoms with Gasteiger partial charge in [0.1, 0.15) is 5.60 Å². The van der Waals surface area contributed by atoms with Crippen LogP contribution in [0.5, 0.6) is 0 Å². The second-order valence-corrected chi connectivity index (χ2v) is 5.63. The maximum Gasteiger partial charge on any atom is 0.106 e. The lowest BCUT2D eigenvalue weighted by Crippen LogP contribution is -2.42. The van der Waals surface area contributed by atoms with Crippen LogP contribution in [0.1, 0.15) is 12.1 Å². The number of hydrogen-bond donors (Lipinski definition) is 2. The Morgan fingerprint density at radius 1 is 1.45 bits per heavy atom.